The van der Waals surface area contributed by atoms with Crippen molar-refractivity contribution in [3.63, 3.8) is 0 Å². The molecule has 0 fully saturated rings. The van der Waals surface area contributed by atoms with E-state index in [1.54, 1.807) is 0 Å². The van der Waals surface area contributed by atoms with E-state index in [1.807, 2.05) is 45.0 Å². The van der Waals surface area contributed by atoms with Gasteiger partial charge in [-0.3, -0.25) is 0 Å². The molecule has 108 valence electrons. The molecular weight excluding hydrogens is 262 g/mol. The van der Waals surface area contributed by atoms with E-state index in [2.05, 4.69) is 5.32 Å². The van der Waals surface area contributed by atoms with E-state index < -0.39 is 9.84 Å². The molecule has 0 aliphatic carbocycles. The number of ether oxygens (including phenoxy) is 1. The largest absolute Gasteiger partial charge is 0.491 e. The van der Waals surface area contributed by atoms with Crippen molar-refractivity contribution in [2.24, 2.45) is 0 Å². The van der Waals surface area contributed by atoms with Crippen LogP contribution in [-0.2, 0) is 16.4 Å². The average molecular weight is 285 g/mol. The fourth-order valence-corrected chi connectivity index (χ4v) is 2.84. The van der Waals surface area contributed by atoms with Gasteiger partial charge in [-0.2, -0.15) is 0 Å². The number of sulfone groups is 1. The molecule has 0 aliphatic heterocycles. The van der Waals surface area contributed by atoms with E-state index in [0.717, 1.165) is 11.3 Å². The van der Waals surface area contributed by atoms with Crippen molar-refractivity contribution in [2.75, 3.05) is 12.0 Å². The van der Waals surface area contributed by atoms with Gasteiger partial charge in [0.05, 0.1) is 11.9 Å². The van der Waals surface area contributed by atoms with Gasteiger partial charge in [0.25, 0.3) is 0 Å². The molecule has 1 unspecified atom stereocenters. The van der Waals surface area contributed by atoms with E-state index in [-0.39, 0.29) is 17.9 Å². The molecule has 0 radical (unpaired) electrons. The fraction of sp³-hybridized carbons (Fsp3) is 0.571. The first-order chi connectivity index (χ1) is 8.78. The Balaban J connectivity index is 2.62. The van der Waals surface area contributed by atoms with Gasteiger partial charge < -0.3 is 10.1 Å². The van der Waals surface area contributed by atoms with Crippen LogP contribution in [-0.4, -0.2) is 32.6 Å². The van der Waals surface area contributed by atoms with Gasteiger partial charge in [-0.15, -0.1) is 0 Å². The number of rotatable bonds is 7. The van der Waals surface area contributed by atoms with E-state index in [4.69, 9.17) is 4.74 Å². The zero-order valence-electron chi connectivity index (χ0n) is 12.0. The molecule has 1 rings (SSSR count). The SMILES string of the molecule is CC(CS(C)(=O)=O)NCc1ccccc1OC(C)C. The summed E-state index contributed by atoms with van der Waals surface area (Å²) in [6, 6.07) is 7.71. The van der Waals surface area contributed by atoms with Crippen LogP contribution in [0.5, 0.6) is 5.75 Å². The quantitative estimate of drug-likeness (QED) is 0.832. The molecule has 0 aliphatic rings. The summed E-state index contributed by atoms with van der Waals surface area (Å²) in [5, 5.41) is 3.21. The highest BCUT2D eigenvalue weighted by molar-refractivity contribution is 7.90. The minimum absolute atomic E-state index is 0.0814. The topological polar surface area (TPSA) is 55.4 Å². The van der Waals surface area contributed by atoms with Gasteiger partial charge in [-0.25, -0.2) is 8.42 Å². The van der Waals surface area contributed by atoms with Crippen molar-refractivity contribution in [1.82, 2.24) is 5.32 Å². The maximum Gasteiger partial charge on any atom is 0.148 e. The zero-order valence-corrected chi connectivity index (χ0v) is 12.8. The average Bonchev–Trinajstić information content (AvgIpc) is 2.24. The molecular formula is C14H23NO3S. The Morgan fingerprint density at radius 1 is 1.21 bits per heavy atom. The van der Waals surface area contributed by atoms with Crippen LogP contribution in [0.3, 0.4) is 0 Å². The zero-order chi connectivity index (χ0) is 14.5. The first-order valence-electron chi connectivity index (χ1n) is 6.43. The summed E-state index contributed by atoms with van der Waals surface area (Å²) in [4.78, 5) is 0. The Hall–Kier alpha value is -1.07. The molecule has 1 N–H and O–H groups in total. The smallest absolute Gasteiger partial charge is 0.148 e. The third-order valence-electron chi connectivity index (χ3n) is 2.53. The van der Waals surface area contributed by atoms with Crippen molar-refractivity contribution in [2.45, 2.75) is 39.5 Å². The number of nitrogens with one attached hydrogen (secondary N) is 1. The van der Waals surface area contributed by atoms with Crippen LogP contribution in [0.4, 0.5) is 0 Å². The highest BCUT2D eigenvalue weighted by Gasteiger charge is 2.11. The standard InChI is InChI=1S/C14H23NO3S/c1-11(2)18-14-8-6-5-7-13(14)9-15-12(3)10-19(4,16)17/h5-8,11-12,15H,9-10H2,1-4H3. The second-order valence-corrected chi connectivity index (χ2v) is 7.33. The third kappa shape index (κ3) is 6.59. The molecule has 5 heteroatoms. The Morgan fingerprint density at radius 3 is 2.42 bits per heavy atom. The van der Waals surface area contributed by atoms with E-state index in [0.29, 0.717) is 6.54 Å². The molecule has 1 aromatic rings. The molecule has 1 atom stereocenters. The van der Waals surface area contributed by atoms with Gasteiger partial charge >= 0.3 is 0 Å². The second-order valence-electron chi connectivity index (χ2n) is 5.15. The summed E-state index contributed by atoms with van der Waals surface area (Å²) in [5.41, 5.74) is 1.04. The predicted molar refractivity (Wildman–Crippen MR) is 78.2 cm³/mol. The Labute approximate surface area is 116 Å². The van der Waals surface area contributed by atoms with Gasteiger partial charge in [0.1, 0.15) is 15.6 Å². The Kier molecular flexibility index (Phi) is 5.82. The summed E-state index contributed by atoms with van der Waals surface area (Å²) < 4.78 is 28.1. The molecule has 0 saturated carbocycles. The first kappa shape index (κ1) is 16.0. The lowest BCUT2D eigenvalue weighted by Crippen LogP contribution is -2.32. The van der Waals surface area contributed by atoms with Gasteiger partial charge in [0, 0.05) is 24.4 Å². The van der Waals surface area contributed by atoms with Crippen molar-refractivity contribution in [3.05, 3.63) is 29.8 Å². The van der Waals surface area contributed by atoms with Crippen LogP contribution in [0, 0.1) is 0 Å². The van der Waals surface area contributed by atoms with Gasteiger partial charge in [0.15, 0.2) is 0 Å². The van der Waals surface area contributed by atoms with Crippen LogP contribution < -0.4 is 10.1 Å². The summed E-state index contributed by atoms with van der Waals surface area (Å²) in [5.74, 6) is 0.983. The number of para-hydroxylation sites is 1. The Morgan fingerprint density at radius 2 is 1.84 bits per heavy atom. The Bertz CT molecular complexity index is 497. The van der Waals surface area contributed by atoms with Crippen LogP contribution in [0.15, 0.2) is 24.3 Å². The number of hydrogen-bond donors (Lipinski definition) is 1. The van der Waals surface area contributed by atoms with Crippen molar-refractivity contribution in [3.8, 4) is 5.75 Å². The van der Waals surface area contributed by atoms with Gasteiger partial charge in [-0.05, 0) is 26.8 Å². The lowest BCUT2D eigenvalue weighted by Gasteiger charge is -2.17. The minimum atomic E-state index is -2.95. The van der Waals surface area contributed by atoms with Gasteiger partial charge in [-0.1, -0.05) is 18.2 Å². The molecule has 0 bridgehead atoms. The molecule has 1 aromatic carbocycles. The van der Waals surface area contributed by atoms with Crippen molar-refractivity contribution in [1.29, 1.82) is 0 Å². The van der Waals surface area contributed by atoms with Crippen LogP contribution in [0.1, 0.15) is 26.3 Å². The highest BCUT2D eigenvalue weighted by atomic mass is 32.2. The summed E-state index contributed by atoms with van der Waals surface area (Å²) in [6.45, 7) is 6.43. The summed E-state index contributed by atoms with van der Waals surface area (Å²) >= 11 is 0. The number of hydrogen-bond acceptors (Lipinski definition) is 4. The molecule has 0 heterocycles. The van der Waals surface area contributed by atoms with Crippen LogP contribution >= 0.6 is 0 Å². The molecule has 4 nitrogen and oxygen atoms in total. The summed E-state index contributed by atoms with van der Waals surface area (Å²) in [7, 11) is -2.95. The first-order valence-corrected chi connectivity index (χ1v) is 8.49. The molecule has 0 spiro atoms. The normalized spacial score (nSPS) is 13.5. The minimum Gasteiger partial charge on any atom is -0.491 e. The fourth-order valence-electron chi connectivity index (χ4n) is 1.82. The highest BCUT2D eigenvalue weighted by Crippen LogP contribution is 2.19. The lowest BCUT2D eigenvalue weighted by molar-refractivity contribution is 0.239. The van der Waals surface area contributed by atoms with Crippen molar-refractivity contribution >= 4 is 9.84 Å². The summed E-state index contributed by atoms with van der Waals surface area (Å²) in [6.07, 6.45) is 1.37. The predicted octanol–water partition coefficient (Wildman–Crippen LogP) is 2.00. The molecule has 0 aromatic heterocycles. The number of benzene rings is 1. The maximum atomic E-state index is 11.2. The van der Waals surface area contributed by atoms with Crippen LogP contribution in [0.25, 0.3) is 0 Å². The van der Waals surface area contributed by atoms with E-state index in [1.165, 1.54) is 6.26 Å². The van der Waals surface area contributed by atoms with E-state index >= 15 is 0 Å². The van der Waals surface area contributed by atoms with Crippen molar-refractivity contribution < 1.29 is 13.2 Å². The molecule has 19 heavy (non-hydrogen) atoms. The molecule has 0 saturated heterocycles. The second kappa shape index (κ2) is 6.91. The maximum absolute atomic E-state index is 11.2. The lowest BCUT2D eigenvalue weighted by atomic mass is 10.2. The van der Waals surface area contributed by atoms with Gasteiger partial charge in [0.2, 0.25) is 0 Å². The van der Waals surface area contributed by atoms with Crippen LogP contribution in [0.2, 0.25) is 0 Å². The van der Waals surface area contributed by atoms with E-state index in [9.17, 15) is 8.42 Å². The molecule has 0 amide bonds. The third-order valence-corrected chi connectivity index (χ3v) is 3.63. The monoisotopic (exact) mass is 285 g/mol.